The molecule has 1 aromatic heterocycles. The number of hydrogen-bond acceptors (Lipinski definition) is 5. The molecule has 5 nitrogen and oxygen atoms in total. The number of hydrogen-bond donors (Lipinski definition) is 0. The summed E-state index contributed by atoms with van der Waals surface area (Å²) in [4.78, 5) is 19.7. The summed E-state index contributed by atoms with van der Waals surface area (Å²) < 4.78 is 0. The van der Waals surface area contributed by atoms with Crippen molar-refractivity contribution in [2.45, 2.75) is 95.3 Å². The van der Waals surface area contributed by atoms with Crippen LogP contribution in [0.5, 0.6) is 0 Å². The Morgan fingerprint density at radius 3 is 2.54 bits per heavy atom. The standard InChI is InChI=1S/C20H30N4OS/c1-12-7-6-8-13(2)24(12)15(25)11-26-18-21-17-16(22-23-18)14-9-10-20(17,5)19(14,3)4/h12-14H,6-11H2,1-5H3/t12-,13+,14-,20-/m0/s1. The molecule has 3 aliphatic rings. The average Bonchev–Trinajstić information content (AvgIpc) is 2.92. The van der Waals surface area contributed by atoms with E-state index in [4.69, 9.17) is 4.98 Å². The van der Waals surface area contributed by atoms with Crippen molar-refractivity contribution in [2.24, 2.45) is 5.41 Å². The molecule has 0 aromatic carbocycles. The van der Waals surface area contributed by atoms with Crippen LogP contribution in [0.3, 0.4) is 0 Å². The molecule has 6 heteroatoms. The monoisotopic (exact) mass is 374 g/mol. The molecule has 1 amide bonds. The number of carbonyl (C=O) groups is 1. The van der Waals surface area contributed by atoms with Crippen LogP contribution in [0.4, 0.5) is 0 Å². The molecular weight excluding hydrogens is 344 g/mol. The average molecular weight is 375 g/mol. The lowest BCUT2D eigenvalue weighted by molar-refractivity contribution is -0.134. The Balaban J connectivity index is 1.49. The van der Waals surface area contributed by atoms with Gasteiger partial charge in [0.1, 0.15) is 0 Å². The maximum absolute atomic E-state index is 12.7. The van der Waals surface area contributed by atoms with Crippen LogP contribution in [0.2, 0.25) is 0 Å². The number of amides is 1. The van der Waals surface area contributed by atoms with Gasteiger partial charge in [0.15, 0.2) is 0 Å². The molecule has 142 valence electrons. The molecule has 4 rings (SSSR count). The molecule has 0 spiro atoms. The zero-order valence-electron chi connectivity index (χ0n) is 16.6. The van der Waals surface area contributed by atoms with E-state index in [2.05, 4.69) is 49.7 Å². The molecule has 1 aliphatic heterocycles. The Kier molecular flexibility index (Phi) is 4.33. The first kappa shape index (κ1) is 18.2. The zero-order chi connectivity index (χ0) is 18.7. The van der Waals surface area contributed by atoms with Gasteiger partial charge in [-0.3, -0.25) is 4.79 Å². The van der Waals surface area contributed by atoms with Crippen molar-refractivity contribution in [3.05, 3.63) is 11.4 Å². The number of fused-ring (bicyclic) bond motifs is 5. The Morgan fingerprint density at radius 2 is 1.85 bits per heavy atom. The normalized spacial score (nSPS) is 34.8. The minimum Gasteiger partial charge on any atom is -0.337 e. The quantitative estimate of drug-likeness (QED) is 0.750. The lowest BCUT2D eigenvalue weighted by Gasteiger charge is -2.39. The van der Waals surface area contributed by atoms with Crippen molar-refractivity contribution in [3.8, 4) is 0 Å². The van der Waals surface area contributed by atoms with Gasteiger partial charge in [-0.15, -0.1) is 5.10 Å². The highest BCUT2D eigenvalue weighted by Gasteiger charge is 2.61. The number of likely N-dealkylation sites (tertiary alicyclic amines) is 1. The summed E-state index contributed by atoms with van der Waals surface area (Å²) in [7, 11) is 0. The van der Waals surface area contributed by atoms with Gasteiger partial charge in [0, 0.05) is 23.4 Å². The third-order valence-corrected chi connectivity index (χ3v) is 8.40. The second-order valence-electron chi connectivity index (χ2n) is 9.19. The van der Waals surface area contributed by atoms with Gasteiger partial charge in [-0.25, -0.2) is 4.98 Å². The summed E-state index contributed by atoms with van der Waals surface area (Å²) in [5, 5.41) is 9.55. The van der Waals surface area contributed by atoms with Crippen molar-refractivity contribution in [1.29, 1.82) is 0 Å². The van der Waals surface area contributed by atoms with Crippen molar-refractivity contribution < 1.29 is 4.79 Å². The second kappa shape index (κ2) is 6.18. The molecule has 4 atom stereocenters. The number of rotatable bonds is 3. The van der Waals surface area contributed by atoms with Crippen molar-refractivity contribution in [1.82, 2.24) is 20.1 Å². The fraction of sp³-hybridized carbons (Fsp3) is 0.800. The van der Waals surface area contributed by atoms with E-state index in [1.807, 2.05) is 0 Å². The molecule has 2 heterocycles. The fourth-order valence-electron chi connectivity index (χ4n) is 5.54. The van der Waals surface area contributed by atoms with Gasteiger partial charge in [-0.1, -0.05) is 32.5 Å². The lowest BCUT2D eigenvalue weighted by atomic mass is 9.70. The van der Waals surface area contributed by atoms with E-state index in [-0.39, 0.29) is 16.7 Å². The SMILES string of the molecule is C[C@@H]1CCC[C@H](C)N1C(=O)CSc1nnc2c(n1)[C@]1(C)CC[C@@H]2C1(C)C. The molecule has 2 aliphatic carbocycles. The van der Waals surface area contributed by atoms with Gasteiger partial charge in [-0.05, 0) is 51.4 Å². The summed E-state index contributed by atoms with van der Waals surface area (Å²) in [5.74, 6) is 1.07. The molecule has 0 radical (unpaired) electrons. The van der Waals surface area contributed by atoms with Gasteiger partial charge < -0.3 is 4.90 Å². The van der Waals surface area contributed by atoms with Crippen LogP contribution in [-0.4, -0.2) is 43.8 Å². The van der Waals surface area contributed by atoms with Gasteiger partial charge in [0.25, 0.3) is 0 Å². The van der Waals surface area contributed by atoms with Crippen molar-refractivity contribution in [2.75, 3.05) is 5.75 Å². The largest absolute Gasteiger partial charge is 0.337 e. The topological polar surface area (TPSA) is 59.0 Å². The Bertz CT molecular complexity index is 727. The van der Waals surface area contributed by atoms with Crippen LogP contribution in [0.15, 0.2) is 5.16 Å². The number of nitrogens with zero attached hydrogens (tertiary/aromatic N) is 4. The van der Waals surface area contributed by atoms with E-state index in [0.29, 0.717) is 28.9 Å². The molecular formula is C20H30N4OS. The van der Waals surface area contributed by atoms with E-state index >= 15 is 0 Å². The van der Waals surface area contributed by atoms with E-state index < -0.39 is 0 Å². The molecule has 0 unspecified atom stereocenters. The number of carbonyl (C=O) groups excluding carboxylic acids is 1. The Labute approximate surface area is 160 Å². The number of piperidine rings is 1. The summed E-state index contributed by atoms with van der Waals surface area (Å²) in [6.07, 6.45) is 5.77. The maximum atomic E-state index is 12.7. The van der Waals surface area contributed by atoms with Crippen molar-refractivity contribution in [3.63, 3.8) is 0 Å². The predicted molar refractivity (Wildman–Crippen MR) is 103 cm³/mol. The first-order chi connectivity index (χ1) is 12.3. The number of thioether (sulfide) groups is 1. The molecule has 2 fully saturated rings. The van der Waals surface area contributed by atoms with Gasteiger partial charge >= 0.3 is 0 Å². The third-order valence-electron chi connectivity index (χ3n) is 7.58. The van der Waals surface area contributed by atoms with Crippen molar-refractivity contribution >= 4 is 17.7 Å². The zero-order valence-corrected chi connectivity index (χ0v) is 17.4. The predicted octanol–water partition coefficient (Wildman–Crippen LogP) is 3.93. The molecule has 1 saturated heterocycles. The smallest absolute Gasteiger partial charge is 0.233 e. The van der Waals surface area contributed by atoms with Gasteiger partial charge in [-0.2, -0.15) is 5.10 Å². The lowest BCUT2D eigenvalue weighted by Crippen LogP contribution is -2.48. The summed E-state index contributed by atoms with van der Waals surface area (Å²) in [5.41, 5.74) is 2.49. The van der Waals surface area contributed by atoms with E-state index in [9.17, 15) is 4.79 Å². The highest BCUT2D eigenvalue weighted by atomic mass is 32.2. The van der Waals surface area contributed by atoms with Crippen LogP contribution < -0.4 is 0 Å². The maximum Gasteiger partial charge on any atom is 0.233 e. The molecule has 26 heavy (non-hydrogen) atoms. The van der Waals surface area contributed by atoms with Crippen LogP contribution >= 0.6 is 11.8 Å². The highest BCUT2D eigenvalue weighted by Crippen LogP contribution is 2.66. The first-order valence-electron chi connectivity index (χ1n) is 9.95. The number of aromatic nitrogens is 3. The summed E-state index contributed by atoms with van der Waals surface area (Å²) >= 11 is 1.44. The molecule has 2 bridgehead atoms. The minimum absolute atomic E-state index is 0.0815. The third kappa shape index (κ3) is 2.51. The minimum atomic E-state index is 0.0815. The van der Waals surface area contributed by atoms with Gasteiger partial charge in [0.2, 0.25) is 11.1 Å². The first-order valence-corrected chi connectivity index (χ1v) is 10.9. The van der Waals surface area contributed by atoms with E-state index in [1.165, 1.54) is 31.0 Å². The molecule has 1 aromatic rings. The molecule has 0 N–H and O–H groups in total. The van der Waals surface area contributed by atoms with Crippen LogP contribution in [0, 0.1) is 5.41 Å². The van der Waals surface area contributed by atoms with E-state index in [1.54, 1.807) is 0 Å². The Morgan fingerprint density at radius 1 is 1.15 bits per heavy atom. The van der Waals surface area contributed by atoms with Crippen LogP contribution in [-0.2, 0) is 10.2 Å². The van der Waals surface area contributed by atoms with E-state index in [0.717, 1.165) is 24.2 Å². The summed E-state index contributed by atoms with van der Waals surface area (Å²) in [6.45, 7) is 11.3. The van der Waals surface area contributed by atoms with Crippen LogP contribution in [0.1, 0.15) is 84.0 Å². The Hall–Kier alpha value is -1.17. The van der Waals surface area contributed by atoms with Crippen LogP contribution in [0.25, 0.3) is 0 Å². The second-order valence-corrected chi connectivity index (χ2v) is 10.1. The summed E-state index contributed by atoms with van der Waals surface area (Å²) in [6, 6.07) is 0.669. The molecule has 1 saturated carbocycles. The fourth-order valence-corrected chi connectivity index (χ4v) is 6.19. The van der Waals surface area contributed by atoms with Gasteiger partial charge in [0.05, 0.1) is 17.1 Å². The highest BCUT2D eigenvalue weighted by molar-refractivity contribution is 7.99.